The van der Waals surface area contributed by atoms with Crippen LogP contribution in [0.3, 0.4) is 0 Å². The van der Waals surface area contributed by atoms with Gasteiger partial charge in [0.05, 0.1) is 0 Å². The van der Waals surface area contributed by atoms with Crippen molar-refractivity contribution >= 4 is 0 Å². The van der Waals surface area contributed by atoms with Crippen LogP contribution in [0, 0.1) is 11.8 Å². The third-order valence-electron chi connectivity index (χ3n) is 2.94. The first kappa shape index (κ1) is 10.8. The molecule has 13 heavy (non-hydrogen) atoms. The van der Waals surface area contributed by atoms with Gasteiger partial charge >= 0.3 is 0 Å². The van der Waals surface area contributed by atoms with Crippen molar-refractivity contribution in [2.24, 2.45) is 11.8 Å². The zero-order chi connectivity index (χ0) is 9.52. The Balaban J connectivity index is 2.18. The Kier molecular flexibility index (Phi) is 5.14. The largest absolute Gasteiger partial charge is 0.384 e. The first-order valence-corrected chi connectivity index (χ1v) is 5.52. The van der Waals surface area contributed by atoms with E-state index < -0.39 is 0 Å². The van der Waals surface area contributed by atoms with Crippen LogP contribution in [0.25, 0.3) is 0 Å². The van der Waals surface area contributed by atoms with Gasteiger partial charge in [-0.15, -0.1) is 0 Å². The Labute approximate surface area is 82.2 Å². The van der Waals surface area contributed by atoms with Gasteiger partial charge in [0.2, 0.25) is 0 Å². The van der Waals surface area contributed by atoms with Gasteiger partial charge in [-0.1, -0.05) is 19.1 Å². The first-order chi connectivity index (χ1) is 6.36. The molecule has 0 saturated heterocycles. The molecule has 1 saturated carbocycles. The Hall–Kier alpha value is -0.300. The van der Waals surface area contributed by atoms with Crippen molar-refractivity contribution in [3.05, 3.63) is 12.2 Å². The van der Waals surface area contributed by atoms with E-state index in [0.29, 0.717) is 0 Å². The summed E-state index contributed by atoms with van der Waals surface area (Å²) < 4.78 is 5.18. The summed E-state index contributed by atoms with van der Waals surface area (Å²) in [5, 5.41) is 0. The summed E-state index contributed by atoms with van der Waals surface area (Å²) in [4.78, 5) is 0. The van der Waals surface area contributed by atoms with Crippen LogP contribution in [0.15, 0.2) is 12.2 Å². The van der Waals surface area contributed by atoms with Crippen LogP contribution in [0.2, 0.25) is 0 Å². The lowest BCUT2D eigenvalue weighted by molar-refractivity contribution is 0.124. The molecule has 0 aromatic rings. The minimum absolute atomic E-state index is 0.830. The molecule has 0 aromatic heterocycles. The second-order valence-corrected chi connectivity index (χ2v) is 4.07. The summed E-state index contributed by atoms with van der Waals surface area (Å²) in [6.45, 7) is 3.16. The highest BCUT2D eigenvalue weighted by Crippen LogP contribution is 2.29. The monoisotopic (exact) mass is 182 g/mol. The average molecular weight is 182 g/mol. The molecular weight excluding hydrogens is 160 g/mol. The van der Waals surface area contributed by atoms with Crippen molar-refractivity contribution in [2.75, 3.05) is 13.7 Å². The number of rotatable bonds is 4. The van der Waals surface area contributed by atoms with Crippen LogP contribution in [0.1, 0.15) is 39.0 Å². The van der Waals surface area contributed by atoms with E-state index in [0.717, 1.165) is 18.4 Å². The average Bonchev–Trinajstić information content (AvgIpc) is 2.17. The minimum atomic E-state index is 0.830. The van der Waals surface area contributed by atoms with E-state index >= 15 is 0 Å². The Morgan fingerprint density at radius 3 is 2.46 bits per heavy atom. The first-order valence-electron chi connectivity index (χ1n) is 5.52. The van der Waals surface area contributed by atoms with Gasteiger partial charge in [0.15, 0.2) is 0 Å². The van der Waals surface area contributed by atoms with Crippen molar-refractivity contribution in [1.82, 2.24) is 0 Å². The number of allylic oxidation sites excluding steroid dienone is 2. The second kappa shape index (κ2) is 6.20. The van der Waals surface area contributed by atoms with Gasteiger partial charge in [0, 0.05) is 13.7 Å². The molecule has 0 N–H and O–H groups in total. The highest BCUT2D eigenvalue weighted by molar-refractivity contribution is 4.90. The van der Waals surface area contributed by atoms with Crippen LogP contribution in [-0.4, -0.2) is 13.7 Å². The summed E-state index contributed by atoms with van der Waals surface area (Å²) in [6.07, 6.45) is 11.3. The van der Waals surface area contributed by atoms with Crippen LogP contribution in [0.4, 0.5) is 0 Å². The van der Waals surface area contributed by atoms with E-state index in [2.05, 4.69) is 19.1 Å². The second-order valence-electron chi connectivity index (χ2n) is 4.07. The summed E-state index contributed by atoms with van der Waals surface area (Å²) in [5.74, 6) is 1.68. The molecule has 1 rings (SSSR count). The fraction of sp³-hybridized carbons (Fsp3) is 0.833. The summed E-state index contributed by atoms with van der Waals surface area (Å²) in [6, 6.07) is 0. The molecule has 1 heteroatoms. The lowest BCUT2D eigenvalue weighted by Gasteiger charge is -2.25. The predicted molar refractivity (Wildman–Crippen MR) is 56.8 cm³/mol. The molecule has 0 amide bonds. The van der Waals surface area contributed by atoms with E-state index in [1.54, 1.807) is 0 Å². The maximum absolute atomic E-state index is 5.18. The third-order valence-corrected chi connectivity index (χ3v) is 2.94. The maximum Gasteiger partial charge on any atom is 0.0490 e. The lowest BCUT2D eigenvalue weighted by Crippen LogP contribution is -2.16. The maximum atomic E-state index is 5.18. The van der Waals surface area contributed by atoms with Gasteiger partial charge in [-0.3, -0.25) is 0 Å². The summed E-state index contributed by atoms with van der Waals surface area (Å²) in [7, 11) is 1.81. The Bertz CT molecular complexity index is 143. The van der Waals surface area contributed by atoms with E-state index in [1.807, 2.05) is 7.11 Å². The molecule has 0 bridgehead atoms. The predicted octanol–water partition coefficient (Wildman–Crippen LogP) is 3.41. The molecule has 0 aliphatic heterocycles. The molecule has 1 nitrogen and oxygen atoms in total. The number of ether oxygens (including phenoxy) is 1. The normalized spacial score (nSPS) is 29.7. The zero-order valence-corrected chi connectivity index (χ0v) is 8.96. The molecule has 0 unspecified atom stereocenters. The van der Waals surface area contributed by atoms with Gasteiger partial charge < -0.3 is 4.74 Å². The van der Waals surface area contributed by atoms with Crippen molar-refractivity contribution in [3.8, 4) is 0 Å². The van der Waals surface area contributed by atoms with E-state index in [-0.39, 0.29) is 0 Å². The van der Waals surface area contributed by atoms with E-state index in [4.69, 9.17) is 4.74 Å². The standard InChI is InChI=1S/C12H22O/c1-3-4-5-11-6-8-12(9-7-11)10-13-2/h4-5,11-12H,3,6-10H2,1-2H3/b5-4+. The number of hydrogen-bond acceptors (Lipinski definition) is 1. The van der Waals surface area contributed by atoms with Crippen LogP contribution < -0.4 is 0 Å². The van der Waals surface area contributed by atoms with Gasteiger partial charge in [0.1, 0.15) is 0 Å². The van der Waals surface area contributed by atoms with Crippen LogP contribution in [-0.2, 0) is 4.74 Å². The highest BCUT2D eigenvalue weighted by Gasteiger charge is 2.18. The van der Waals surface area contributed by atoms with Crippen LogP contribution in [0.5, 0.6) is 0 Å². The van der Waals surface area contributed by atoms with Crippen molar-refractivity contribution in [3.63, 3.8) is 0 Å². The molecule has 0 atom stereocenters. The molecule has 0 heterocycles. The molecule has 1 aliphatic rings. The molecule has 76 valence electrons. The molecule has 0 aromatic carbocycles. The lowest BCUT2D eigenvalue weighted by atomic mass is 9.82. The van der Waals surface area contributed by atoms with E-state index in [9.17, 15) is 0 Å². The van der Waals surface area contributed by atoms with E-state index in [1.165, 1.54) is 32.1 Å². The zero-order valence-electron chi connectivity index (χ0n) is 8.96. The van der Waals surface area contributed by atoms with Crippen molar-refractivity contribution < 1.29 is 4.74 Å². The minimum Gasteiger partial charge on any atom is -0.384 e. The topological polar surface area (TPSA) is 9.23 Å². The van der Waals surface area contributed by atoms with Crippen LogP contribution >= 0.6 is 0 Å². The van der Waals surface area contributed by atoms with Crippen molar-refractivity contribution in [1.29, 1.82) is 0 Å². The quantitative estimate of drug-likeness (QED) is 0.605. The highest BCUT2D eigenvalue weighted by atomic mass is 16.5. The van der Waals surface area contributed by atoms with Gasteiger partial charge in [-0.05, 0) is 43.9 Å². The fourth-order valence-corrected chi connectivity index (χ4v) is 2.11. The Morgan fingerprint density at radius 2 is 1.92 bits per heavy atom. The SMILES string of the molecule is CC/C=C/C1CCC(COC)CC1. The van der Waals surface area contributed by atoms with Gasteiger partial charge in [-0.25, -0.2) is 0 Å². The van der Waals surface area contributed by atoms with Gasteiger partial charge in [0.25, 0.3) is 0 Å². The molecule has 0 spiro atoms. The summed E-state index contributed by atoms with van der Waals surface area (Å²) >= 11 is 0. The third kappa shape index (κ3) is 3.95. The summed E-state index contributed by atoms with van der Waals surface area (Å²) in [5.41, 5.74) is 0. The molecule has 1 fully saturated rings. The van der Waals surface area contributed by atoms with Crippen molar-refractivity contribution in [2.45, 2.75) is 39.0 Å². The number of methoxy groups -OCH3 is 1. The molecule has 1 aliphatic carbocycles. The Morgan fingerprint density at radius 1 is 1.23 bits per heavy atom. The fourth-order valence-electron chi connectivity index (χ4n) is 2.11. The molecule has 0 radical (unpaired) electrons. The smallest absolute Gasteiger partial charge is 0.0490 e. The number of hydrogen-bond donors (Lipinski definition) is 0. The molecular formula is C12H22O. The van der Waals surface area contributed by atoms with Gasteiger partial charge in [-0.2, -0.15) is 0 Å².